The van der Waals surface area contributed by atoms with Crippen LogP contribution < -0.4 is 11.1 Å². The highest BCUT2D eigenvalue weighted by Crippen LogP contribution is 2.40. The molecule has 3 rings (SSSR count). The Balaban J connectivity index is 1.76. The Bertz CT molecular complexity index is 494. The lowest BCUT2D eigenvalue weighted by molar-refractivity contribution is -0.124. The van der Waals surface area contributed by atoms with Crippen LogP contribution in [0.4, 0.5) is 0 Å². The second-order valence-corrected chi connectivity index (χ2v) is 6.26. The van der Waals surface area contributed by atoms with Crippen molar-refractivity contribution in [2.45, 2.75) is 69.5 Å². The molecule has 2 atom stereocenters. The van der Waals surface area contributed by atoms with Crippen molar-refractivity contribution >= 4 is 5.91 Å². The molecule has 1 aromatic heterocycles. The summed E-state index contributed by atoms with van der Waals surface area (Å²) in [6.07, 6.45) is 11.0. The average molecular weight is 276 g/mol. The van der Waals surface area contributed by atoms with Crippen molar-refractivity contribution in [3.05, 3.63) is 18.2 Å². The van der Waals surface area contributed by atoms with Crippen LogP contribution in [-0.2, 0) is 11.2 Å². The largest absolute Gasteiger partial charge is 0.368 e. The predicted molar refractivity (Wildman–Crippen MR) is 77.2 cm³/mol. The normalized spacial score (nSPS) is 29.8. The number of carbonyl (C=O) groups excluding carboxylic acids is 1. The average Bonchev–Trinajstić information content (AvgIpc) is 2.93. The van der Waals surface area contributed by atoms with Crippen molar-refractivity contribution in [3.8, 4) is 0 Å². The molecule has 2 aliphatic rings. The molecule has 1 heterocycles. The van der Waals surface area contributed by atoms with Gasteiger partial charge in [0.1, 0.15) is 5.82 Å². The fourth-order valence-corrected chi connectivity index (χ4v) is 3.39. The molecule has 0 spiro atoms. The van der Waals surface area contributed by atoms with E-state index in [9.17, 15) is 4.79 Å². The van der Waals surface area contributed by atoms with E-state index in [0.717, 1.165) is 37.9 Å². The number of rotatable bonds is 6. The first kappa shape index (κ1) is 13.6. The summed E-state index contributed by atoms with van der Waals surface area (Å²) in [5, 5.41) is 3.50. The molecule has 2 saturated carbocycles. The van der Waals surface area contributed by atoms with Gasteiger partial charge in [0.2, 0.25) is 5.91 Å². The summed E-state index contributed by atoms with van der Waals surface area (Å²) in [5.41, 5.74) is 5.19. The van der Waals surface area contributed by atoms with E-state index < -0.39 is 5.54 Å². The van der Waals surface area contributed by atoms with Gasteiger partial charge in [0.05, 0.1) is 5.54 Å². The van der Waals surface area contributed by atoms with E-state index in [2.05, 4.69) is 21.8 Å². The number of hydrogen-bond acceptors (Lipinski definition) is 3. The van der Waals surface area contributed by atoms with Crippen LogP contribution >= 0.6 is 0 Å². The topological polar surface area (TPSA) is 72.9 Å². The number of imidazole rings is 1. The molecule has 0 aliphatic heterocycles. The molecule has 0 aromatic carbocycles. The molecule has 2 aliphatic carbocycles. The highest BCUT2D eigenvalue weighted by molar-refractivity contribution is 5.85. The molecule has 1 amide bonds. The first-order valence-corrected chi connectivity index (χ1v) is 7.74. The van der Waals surface area contributed by atoms with Gasteiger partial charge in [-0.05, 0) is 38.5 Å². The Morgan fingerprint density at radius 3 is 3.00 bits per heavy atom. The zero-order chi connectivity index (χ0) is 14.2. The molecule has 0 radical (unpaired) electrons. The summed E-state index contributed by atoms with van der Waals surface area (Å²) in [5.74, 6) is 0.938. The Labute approximate surface area is 119 Å². The molecular formula is C15H24N4O. The summed E-state index contributed by atoms with van der Waals surface area (Å²) in [6, 6.07) is 0.844. The van der Waals surface area contributed by atoms with Crippen molar-refractivity contribution in [3.63, 3.8) is 0 Å². The van der Waals surface area contributed by atoms with Crippen molar-refractivity contribution in [1.29, 1.82) is 0 Å². The minimum Gasteiger partial charge on any atom is -0.368 e. The van der Waals surface area contributed by atoms with Crippen LogP contribution in [0.25, 0.3) is 0 Å². The summed E-state index contributed by atoms with van der Waals surface area (Å²) < 4.78 is 2.25. The van der Waals surface area contributed by atoms with Gasteiger partial charge < -0.3 is 15.6 Å². The molecule has 1 aromatic rings. The Kier molecular flexibility index (Phi) is 3.54. The van der Waals surface area contributed by atoms with Crippen LogP contribution in [0.1, 0.15) is 57.3 Å². The lowest BCUT2D eigenvalue weighted by Crippen LogP contribution is -2.54. The number of carbonyl (C=O) groups is 1. The maximum atomic E-state index is 11.9. The van der Waals surface area contributed by atoms with E-state index in [1.807, 2.05) is 12.4 Å². The van der Waals surface area contributed by atoms with Gasteiger partial charge in [0.25, 0.3) is 0 Å². The van der Waals surface area contributed by atoms with E-state index in [1.165, 1.54) is 12.8 Å². The maximum Gasteiger partial charge on any atom is 0.237 e. The summed E-state index contributed by atoms with van der Waals surface area (Å²) in [7, 11) is 0. The third kappa shape index (κ3) is 2.46. The van der Waals surface area contributed by atoms with Crippen molar-refractivity contribution in [2.24, 2.45) is 5.73 Å². The summed E-state index contributed by atoms with van der Waals surface area (Å²) in [4.78, 5) is 16.4. The molecule has 0 bridgehead atoms. The molecular weight excluding hydrogens is 252 g/mol. The number of nitrogens with zero attached hydrogens (tertiary/aromatic N) is 2. The van der Waals surface area contributed by atoms with Crippen LogP contribution in [-0.4, -0.2) is 27.0 Å². The molecule has 2 unspecified atom stereocenters. The number of primary amides is 1. The van der Waals surface area contributed by atoms with E-state index in [0.29, 0.717) is 12.1 Å². The van der Waals surface area contributed by atoms with Gasteiger partial charge in [-0.25, -0.2) is 4.98 Å². The molecule has 3 N–H and O–H groups in total. The minimum atomic E-state index is -0.500. The Morgan fingerprint density at radius 2 is 2.35 bits per heavy atom. The molecule has 5 nitrogen and oxygen atoms in total. The van der Waals surface area contributed by atoms with Crippen LogP contribution in [0.15, 0.2) is 12.4 Å². The van der Waals surface area contributed by atoms with Crippen molar-refractivity contribution < 1.29 is 4.79 Å². The van der Waals surface area contributed by atoms with Gasteiger partial charge in [-0.3, -0.25) is 4.79 Å². The highest BCUT2D eigenvalue weighted by atomic mass is 16.1. The fraction of sp³-hybridized carbons (Fsp3) is 0.733. The number of aromatic nitrogens is 2. The molecule has 5 heteroatoms. The van der Waals surface area contributed by atoms with Crippen LogP contribution in [0.5, 0.6) is 0 Å². The Hall–Kier alpha value is -1.36. The van der Waals surface area contributed by atoms with Crippen LogP contribution in [0.2, 0.25) is 0 Å². The predicted octanol–water partition coefficient (Wildman–Crippen LogP) is 1.54. The monoisotopic (exact) mass is 276 g/mol. The second-order valence-electron chi connectivity index (χ2n) is 6.26. The zero-order valence-corrected chi connectivity index (χ0v) is 12.1. The smallest absolute Gasteiger partial charge is 0.237 e. The van der Waals surface area contributed by atoms with Gasteiger partial charge in [0.15, 0.2) is 0 Å². The zero-order valence-electron chi connectivity index (χ0n) is 12.1. The quantitative estimate of drug-likeness (QED) is 0.827. The minimum absolute atomic E-state index is 0.191. The van der Waals surface area contributed by atoms with Gasteiger partial charge in [-0.15, -0.1) is 0 Å². The highest BCUT2D eigenvalue weighted by Gasteiger charge is 2.47. The summed E-state index contributed by atoms with van der Waals surface area (Å²) >= 11 is 0. The van der Waals surface area contributed by atoms with Gasteiger partial charge in [-0.1, -0.05) is 6.92 Å². The number of nitrogens with two attached hydrogens (primary N) is 1. The summed E-state index contributed by atoms with van der Waals surface area (Å²) in [6.45, 7) is 2.16. The fourth-order valence-electron chi connectivity index (χ4n) is 3.39. The van der Waals surface area contributed by atoms with E-state index >= 15 is 0 Å². The third-order valence-electron chi connectivity index (χ3n) is 4.63. The molecule has 110 valence electrons. The van der Waals surface area contributed by atoms with Crippen molar-refractivity contribution in [2.75, 3.05) is 0 Å². The van der Waals surface area contributed by atoms with Crippen LogP contribution in [0.3, 0.4) is 0 Å². The van der Waals surface area contributed by atoms with Gasteiger partial charge in [-0.2, -0.15) is 0 Å². The first-order valence-electron chi connectivity index (χ1n) is 7.74. The standard InChI is InChI=1S/C15H24N4O/c1-2-3-13-17-8-9-19(13)12-6-7-15(10-12,14(16)20)18-11-4-5-11/h8-9,11-12,18H,2-7,10H2,1H3,(H2,16,20). The van der Waals surface area contributed by atoms with Crippen molar-refractivity contribution in [1.82, 2.24) is 14.9 Å². The molecule has 2 fully saturated rings. The Morgan fingerprint density at radius 1 is 1.55 bits per heavy atom. The lowest BCUT2D eigenvalue weighted by atomic mass is 9.96. The SMILES string of the molecule is CCCc1nccn1C1CCC(NC2CC2)(C(N)=O)C1. The molecule has 0 saturated heterocycles. The van der Waals surface area contributed by atoms with Gasteiger partial charge in [0, 0.05) is 30.9 Å². The lowest BCUT2D eigenvalue weighted by Gasteiger charge is -2.27. The van der Waals surface area contributed by atoms with Crippen LogP contribution in [0, 0.1) is 0 Å². The molecule has 20 heavy (non-hydrogen) atoms. The van der Waals surface area contributed by atoms with E-state index in [-0.39, 0.29) is 5.91 Å². The number of nitrogens with one attached hydrogen (secondary N) is 1. The van der Waals surface area contributed by atoms with E-state index in [4.69, 9.17) is 5.73 Å². The third-order valence-corrected chi connectivity index (χ3v) is 4.63. The number of aryl methyl sites for hydroxylation is 1. The second kappa shape index (κ2) is 5.20. The van der Waals surface area contributed by atoms with Gasteiger partial charge >= 0.3 is 0 Å². The number of amides is 1. The number of hydrogen-bond donors (Lipinski definition) is 2. The first-order chi connectivity index (χ1) is 9.64. The van der Waals surface area contributed by atoms with E-state index in [1.54, 1.807) is 0 Å². The maximum absolute atomic E-state index is 11.9.